The number of carbonyl (C=O) groups excluding carboxylic acids is 4. The van der Waals surface area contributed by atoms with Crippen LogP contribution < -0.4 is 9.84 Å². The van der Waals surface area contributed by atoms with Crippen LogP contribution in [0.25, 0.3) is 0 Å². The summed E-state index contributed by atoms with van der Waals surface area (Å²) in [6, 6.07) is 12.5. The van der Waals surface area contributed by atoms with Gasteiger partial charge in [0.05, 0.1) is 13.2 Å². The number of carboxylic acids is 1. The summed E-state index contributed by atoms with van der Waals surface area (Å²) >= 11 is 0. The smallest absolute Gasteiger partial charge is 0.291 e. The molecule has 2 aromatic carbocycles. The summed E-state index contributed by atoms with van der Waals surface area (Å²) in [6.07, 6.45) is -0.433. The van der Waals surface area contributed by atoms with Gasteiger partial charge in [0, 0.05) is 24.5 Å². The highest BCUT2D eigenvalue weighted by Gasteiger charge is 2.51. The van der Waals surface area contributed by atoms with Gasteiger partial charge in [-0.2, -0.15) is 0 Å². The summed E-state index contributed by atoms with van der Waals surface area (Å²) in [5.41, 5.74) is 1.83. The average Bonchev–Trinajstić information content (AvgIpc) is 2.97. The van der Waals surface area contributed by atoms with Gasteiger partial charge in [-0.05, 0) is 24.6 Å². The predicted octanol–water partition coefficient (Wildman–Crippen LogP) is 1.10. The normalized spacial score (nSPS) is 18.8. The van der Waals surface area contributed by atoms with E-state index in [0.717, 1.165) is 10.5 Å². The molecule has 1 aliphatic rings. The topological polar surface area (TPSA) is 104 Å². The number of nitrogens with zero attached hydrogens (tertiary/aromatic N) is 1. The number of ketones is 2. The number of aryl methyl sites for hydroxylation is 1. The Morgan fingerprint density at radius 3 is 2.21 bits per heavy atom. The molecule has 1 amide bonds. The zero-order valence-corrected chi connectivity index (χ0v) is 16.1. The quantitative estimate of drug-likeness (QED) is 0.396. The van der Waals surface area contributed by atoms with E-state index in [4.69, 9.17) is 4.74 Å². The molecule has 0 aromatic heterocycles. The third-order valence-corrected chi connectivity index (χ3v) is 5.04. The van der Waals surface area contributed by atoms with Crippen LogP contribution in [0.2, 0.25) is 0 Å². The number of aliphatic carboxylic acids is 1. The first-order valence-corrected chi connectivity index (χ1v) is 9.13. The molecule has 1 saturated heterocycles. The maximum Gasteiger partial charge on any atom is 0.291 e. The third kappa shape index (κ3) is 4.03. The molecule has 150 valence electrons. The Balaban J connectivity index is 2.03. The first-order valence-electron chi connectivity index (χ1n) is 9.13. The van der Waals surface area contributed by atoms with Gasteiger partial charge >= 0.3 is 0 Å². The number of hydrogen-bond donors (Lipinski definition) is 0. The Labute approximate surface area is 167 Å². The minimum atomic E-state index is -1.34. The van der Waals surface area contributed by atoms with Crippen molar-refractivity contribution in [2.75, 3.05) is 13.7 Å². The van der Waals surface area contributed by atoms with Crippen LogP contribution in [0.3, 0.4) is 0 Å². The molecule has 2 unspecified atom stereocenters. The van der Waals surface area contributed by atoms with E-state index in [0.29, 0.717) is 16.9 Å². The van der Waals surface area contributed by atoms with Crippen LogP contribution in [0.4, 0.5) is 0 Å². The summed E-state index contributed by atoms with van der Waals surface area (Å²) in [4.78, 5) is 50.6. The summed E-state index contributed by atoms with van der Waals surface area (Å²) < 4.78 is 5.13. The van der Waals surface area contributed by atoms with Crippen LogP contribution in [0.15, 0.2) is 48.5 Å². The molecule has 3 rings (SSSR count). The van der Waals surface area contributed by atoms with Crippen molar-refractivity contribution in [3.63, 3.8) is 0 Å². The van der Waals surface area contributed by atoms with E-state index in [2.05, 4.69) is 0 Å². The van der Waals surface area contributed by atoms with Gasteiger partial charge in [-0.1, -0.05) is 42.0 Å². The standard InChI is InChI=1S/C22H21NO6/c1-13-3-5-15(6-4-13)20(26)18-19(14-7-9-16(29-2)10-8-14)23(12-11-17(24)25)22(28)21(18)27/h3-10,18-19H,11-12H2,1-2H3,(H,24,25)/p-1. The van der Waals surface area contributed by atoms with Crippen molar-refractivity contribution in [3.8, 4) is 5.75 Å². The van der Waals surface area contributed by atoms with E-state index in [1.165, 1.54) is 7.11 Å². The van der Waals surface area contributed by atoms with Crippen LogP contribution in [0.1, 0.15) is 33.9 Å². The van der Waals surface area contributed by atoms with E-state index >= 15 is 0 Å². The third-order valence-electron chi connectivity index (χ3n) is 5.04. The van der Waals surface area contributed by atoms with Crippen LogP contribution >= 0.6 is 0 Å². The van der Waals surface area contributed by atoms with Crippen LogP contribution in [0.5, 0.6) is 5.75 Å². The van der Waals surface area contributed by atoms with Crippen LogP contribution in [-0.4, -0.2) is 42.0 Å². The molecule has 0 N–H and O–H groups in total. The zero-order valence-electron chi connectivity index (χ0n) is 16.1. The maximum atomic E-state index is 13.2. The SMILES string of the molecule is COc1ccc(C2C(C(=O)c3ccc(C)cc3)C(=O)C(=O)N2CCC(=O)[O-])cc1. The first-order chi connectivity index (χ1) is 13.8. The molecule has 0 bridgehead atoms. The number of carbonyl (C=O) groups is 4. The van der Waals surface area contributed by atoms with Crippen LogP contribution in [0, 0.1) is 12.8 Å². The number of benzene rings is 2. The fourth-order valence-electron chi connectivity index (χ4n) is 3.51. The molecule has 7 nitrogen and oxygen atoms in total. The van der Waals surface area contributed by atoms with Crippen molar-refractivity contribution < 1.29 is 29.0 Å². The molecule has 0 spiro atoms. The number of methoxy groups -OCH3 is 1. The van der Waals surface area contributed by atoms with Gasteiger partial charge in [-0.25, -0.2) is 0 Å². The van der Waals surface area contributed by atoms with E-state index < -0.39 is 41.8 Å². The number of ether oxygens (including phenoxy) is 1. The van der Waals surface area contributed by atoms with E-state index in [9.17, 15) is 24.3 Å². The summed E-state index contributed by atoms with van der Waals surface area (Å²) in [5.74, 6) is -4.19. The monoisotopic (exact) mass is 394 g/mol. The Kier molecular flexibility index (Phi) is 5.77. The van der Waals surface area contributed by atoms with Crippen LogP contribution in [-0.2, 0) is 14.4 Å². The van der Waals surface area contributed by atoms with Gasteiger partial charge in [-0.3, -0.25) is 14.4 Å². The van der Waals surface area contributed by atoms with Crippen molar-refractivity contribution in [1.82, 2.24) is 4.90 Å². The Morgan fingerprint density at radius 2 is 1.66 bits per heavy atom. The minimum absolute atomic E-state index is 0.221. The van der Waals surface area contributed by atoms with Gasteiger partial charge in [-0.15, -0.1) is 0 Å². The lowest BCUT2D eigenvalue weighted by Gasteiger charge is -2.27. The average molecular weight is 394 g/mol. The molecule has 0 saturated carbocycles. The number of amides is 1. The minimum Gasteiger partial charge on any atom is -0.550 e. The highest BCUT2D eigenvalue weighted by atomic mass is 16.5. The van der Waals surface area contributed by atoms with Gasteiger partial charge in [0.15, 0.2) is 5.78 Å². The Bertz CT molecular complexity index is 948. The molecular weight excluding hydrogens is 374 g/mol. The van der Waals surface area contributed by atoms with E-state index in [1.54, 1.807) is 48.5 Å². The van der Waals surface area contributed by atoms with E-state index in [-0.39, 0.29) is 6.54 Å². The number of rotatable bonds is 7. The molecule has 1 fully saturated rings. The second-order valence-electron chi connectivity index (χ2n) is 6.91. The lowest BCUT2D eigenvalue weighted by Crippen LogP contribution is -2.35. The van der Waals surface area contributed by atoms with Crippen molar-refractivity contribution in [1.29, 1.82) is 0 Å². The predicted molar refractivity (Wildman–Crippen MR) is 101 cm³/mol. The zero-order chi connectivity index (χ0) is 21.1. The molecule has 1 aliphatic heterocycles. The first kappa shape index (κ1) is 20.3. The fourth-order valence-corrected chi connectivity index (χ4v) is 3.51. The van der Waals surface area contributed by atoms with Gasteiger partial charge in [0.1, 0.15) is 11.7 Å². The molecular formula is C22H20NO6-. The number of Topliss-reactive ketones (excluding diaryl/α,β-unsaturated/α-hetero) is 2. The molecule has 0 aliphatic carbocycles. The number of likely N-dealkylation sites (tertiary alicyclic amines) is 1. The number of hydrogen-bond acceptors (Lipinski definition) is 6. The molecule has 1 heterocycles. The van der Waals surface area contributed by atoms with Gasteiger partial charge in [0.2, 0.25) is 5.78 Å². The number of carboxylic acid groups (broad SMARTS) is 1. The molecule has 0 radical (unpaired) electrons. The summed E-state index contributed by atoms with van der Waals surface area (Å²) in [5, 5.41) is 10.9. The lowest BCUT2D eigenvalue weighted by molar-refractivity contribution is -0.305. The Hall–Kier alpha value is -3.48. The van der Waals surface area contributed by atoms with Gasteiger partial charge in [0.25, 0.3) is 5.91 Å². The largest absolute Gasteiger partial charge is 0.550 e. The second-order valence-corrected chi connectivity index (χ2v) is 6.91. The Morgan fingerprint density at radius 1 is 1.03 bits per heavy atom. The molecule has 2 aromatic rings. The fraction of sp³-hybridized carbons (Fsp3) is 0.273. The summed E-state index contributed by atoms with van der Waals surface area (Å²) in [6.45, 7) is 1.65. The van der Waals surface area contributed by atoms with E-state index in [1.807, 2.05) is 6.92 Å². The molecule has 7 heteroatoms. The summed E-state index contributed by atoms with van der Waals surface area (Å²) in [7, 11) is 1.51. The van der Waals surface area contributed by atoms with Crippen molar-refractivity contribution in [3.05, 3.63) is 65.2 Å². The highest BCUT2D eigenvalue weighted by Crippen LogP contribution is 2.38. The highest BCUT2D eigenvalue weighted by molar-refractivity contribution is 6.44. The van der Waals surface area contributed by atoms with Gasteiger partial charge < -0.3 is 19.5 Å². The molecule has 2 atom stereocenters. The van der Waals surface area contributed by atoms with Crippen molar-refractivity contribution in [2.45, 2.75) is 19.4 Å². The van der Waals surface area contributed by atoms with Crippen molar-refractivity contribution >= 4 is 23.4 Å². The maximum absolute atomic E-state index is 13.2. The van der Waals surface area contributed by atoms with Crippen molar-refractivity contribution in [2.24, 2.45) is 5.92 Å². The molecule has 29 heavy (non-hydrogen) atoms. The second kappa shape index (κ2) is 8.26. The lowest BCUT2D eigenvalue weighted by atomic mass is 9.86.